The average molecular weight is 312 g/mol. The third-order valence-corrected chi connectivity index (χ3v) is 3.65. The van der Waals surface area contributed by atoms with Crippen molar-refractivity contribution in [2.75, 3.05) is 13.2 Å². The molecule has 0 saturated heterocycles. The van der Waals surface area contributed by atoms with E-state index in [9.17, 15) is 9.59 Å². The first kappa shape index (κ1) is 20.7. The molecule has 0 aliphatic heterocycles. The highest BCUT2D eigenvalue weighted by Crippen LogP contribution is 2.33. The molecule has 128 valence electrons. The van der Waals surface area contributed by atoms with Gasteiger partial charge in [0.25, 0.3) is 0 Å². The normalized spacial score (nSPS) is 11.6. The van der Waals surface area contributed by atoms with E-state index in [4.69, 9.17) is 9.47 Å². The van der Waals surface area contributed by atoms with E-state index < -0.39 is 17.4 Å². The molecule has 0 aromatic carbocycles. The monoisotopic (exact) mass is 312 g/mol. The Kier molecular flexibility index (Phi) is 11.5. The van der Waals surface area contributed by atoms with Gasteiger partial charge >= 0.3 is 11.9 Å². The number of unbranched alkanes of at least 4 members (excludes halogenated alkanes) is 3. The summed E-state index contributed by atoms with van der Waals surface area (Å²) in [6, 6.07) is 0. The van der Waals surface area contributed by atoms with Crippen molar-refractivity contribution in [3.63, 3.8) is 0 Å². The number of carbonyl (C=O) groups excluding carboxylic acids is 2. The van der Waals surface area contributed by atoms with Crippen LogP contribution in [-0.4, -0.2) is 25.2 Å². The van der Waals surface area contributed by atoms with Gasteiger partial charge in [0.15, 0.2) is 5.41 Å². The largest absolute Gasteiger partial charge is 0.465 e. The predicted molar refractivity (Wildman–Crippen MR) is 88.5 cm³/mol. The van der Waals surface area contributed by atoms with Gasteiger partial charge in [0.1, 0.15) is 0 Å². The number of allylic oxidation sites excluding steroid dienone is 2. The summed E-state index contributed by atoms with van der Waals surface area (Å²) in [6.45, 7) is 8.22. The minimum Gasteiger partial charge on any atom is -0.465 e. The van der Waals surface area contributed by atoms with Gasteiger partial charge in [-0.1, -0.05) is 51.7 Å². The van der Waals surface area contributed by atoms with Crippen LogP contribution in [0, 0.1) is 5.41 Å². The Morgan fingerprint density at radius 3 is 1.86 bits per heavy atom. The molecule has 22 heavy (non-hydrogen) atoms. The first-order valence-electron chi connectivity index (χ1n) is 8.58. The minimum absolute atomic E-state index is 0.270. The van der Waals surface area contributed by atoms with Crippen LogP contribution in [0.3, 0.4) is 0 Å². The zero-order chi connectivity index (χ0) is 16.8. The highest BCUT2D eigenvalue weighted by Gasteiger charge is 2.47. The van der Waals surface area contributed by atoms with Crippen molar-refractivity contribution < 1.29 is 19.1 Å². The van der Waals surface area contributed by atoms with E-state index >= 15 is 0 Å². The summed E-state index contributed by atoms with van der Waals surface area (Å²) in [5.74, 6) is -0.913. The molecule has 0 N–H and O–H groups in total. The van der Waals surface area contributed by atoms with Gasteiger partial charge in [-0.15, -0.1) is 0 Å². The molecule has 0 heterocycles. The van der Waals surface area contributed by atoms with Crippen LogP contribution in [0.15, 0.2) is 12.2 Å². The van der Waals surface area contributed by atoms with Crippen molar-refractivity contribution in [1.82, 2.24) is 0 Å². The molecule has 0 saturated carbocycles. The fourth-order valence-corrected chi connectivity index (χ4v) is 2.30. The quantitative estimate of drug-likeness (QED) is 0.231. The summed E-state index contributed by atoms with van der Waals surface area (Å²) < 4.78 is 10.4. The number of hydrogen-bond donors (Lipinski definition) is 0. The third kappa shape index (κ3) is 6.63. The maximum Gasteiger partial charge on any atom is 0.323 e. The smallest absolute Gasteiger partial charge is 0.323 e. The topological polar surface area (TPSA) is 52.6 Å². The van der Waals surface area contributed by atoms with Crippen molar-refractivity contribution in [3.8, 4) is 0 Å². The van der Waals surface area contributed by atoms with E-state index in [1.165, 1.54) is 0 Å². The Bertz CT molecular complexity index is 329. The zero-order valence-corrected chi connectivity index (χ0v) is 14.7. The van der Waals surface area contributed by atoms with Crippen molar-refractivity contribution in [1.29, 1.82) is 0 Å². The molecule has 0 amide bonds. The van der Waals surface area contributed by atoms with Crippen LogP contribution in [0.1, 0.15) is 72.6 Å². The molecule has 0 fully saturated rings. The van der Waals surface area contributed by atoms with E-state index in [0.717, 1.165) is 32.1 Å². The van der Waals surface area contributed by atoms with Crippen molar-refractivity contribution in [3.05, 3.63) is 12.2 Å². The average Bonchev–Trinajstić information content (AvgIpc) is 2.50. The molecule has 0 atom stereocenters. The van der Waals surface area contributed by atoms with Gasteiger partial charge in [-0.05, 0) is 33.1 Å². The van der Waals surface area contributed by atoms with Crippen LogP contribution in [0.5, 0.6) is 0 Å². The van der Waals surface area contributed by atoms with Gasteiger partial charge in [0.05, 0.1) is 13.2 Å². The predicted octanol–water partition coefficient (Wildman–Crippen LogP) is 4.43. The van der Waals surface area contributed by atoms with Crippen LogP contribution < -0.4 is 0 Å². The molecule has 4 heteroatoms. The van der Waals surface area contributed by atoms with Crippen LogP contribution in [0.4, 0.5) is 0 Å². The Labute approximate surface area is 135 Å². The third-order valence-electron chi connectivity index (χ3n) is 3.65. The van der Waals surface area contributed by atoms with Crippen molar-refractivity contribution in [2.45, 2.75) is 72.6 Å². The molecular formula is C18H32O4. The molecular weight excluding hydrogens is 280 g/mol. The molecule has 0 aromatic rings. The van der Waals surface area contributed by atoms with Gasteiger partial charge < -0.3 is 9.47 Å². The summed E-state index contributed by atoms with van der Waals surface area (Å²) in [6.07, 6.45) is 9.71. The molecule has 0 radical (unpaired) electrons. The van der Waals surface area contributed by atoms with Gasteiger partial charge in [0.2, 0.25) is 0 Å². The fourth-order valence-electron chi connectivity index (χ4n) is 2.30. The Balaban J connectivity index is 5.20. The van der Waals surface area contributed by atoms with E-state index in [2.05, 4.69) is 6.92 Å². The lowest BCUT2D eigenvalue weighted by Gasteiger charge is -2.28. The second-order valence-corrected chi connectivity index (χ2v) is 5.44. The zero-order valence-electron chi connectivity index (χ0n) is 14.7. The highest BCUT2D eigenvalue weighted by atomic mass is 16.6. The van der Waals surface area contributed by atoms with Gasteiger partial charge in [0, 0.05) is 0 Å². The number of rotatable bonds is 12. The first-order chi connectivity index (χ1) is 10.6. The molecule has 0 bridgehead atoms. The van der Waals surface area contributed by atoms with Gasteiger partial charge in [-0.3, -0.25) is 9.59 Å². The number of hydrogen-bond acceptors (Lipinski definition) is 4. The van der Waals surface area contributed by atoms with E-state index in [-0.39, 0.29) is 13.2 Å². The number of carbonyl (C=O) groups is 2. The van der Waals surface area contributed by atoms with Crippen LogP contribution in [0.25, 0.3) is 0 Å². The second kappa shape index (κ2) is 12.2. The Morgan fingerprint density at radius 1 is 0.864 bits per heavy atom. The van der Waals surface area contributed by atoms with Crippen LogP contribution in [-0.2, 0) is 19.1 Å². The van der Waals surface area contributed by atoms with Gasteiger partial charge in [-0.25, -0.2) is 0 Å². The van der Waals surface area contributed by atoms with Crippen molar-refractivity contribution >= 4 is 11.9 Å². The Morgan fingerprint density at radius 2 is 1.41 bits per heavy atom. The molecule has 0 spiro atoms. The van der Waals surface area contributed by atoms with Crippen LogP contribution in [0.2, 0.25) is 0 Å². The van der Waals surface area contributed by atoms with E-state index in [1.807, 2.05) is 19.1 Å². The lowest BCUT2D eigenvalue weighted by molar-refractivity contribution is -0.172. The Hall–Kier alpha value is -1.32. The minimum atomic E-state index is -1.19. The van der Waals surface area contributed by atoms with Crippen LogP contribution >= 0.6 is 0 Å². The van der Waals surface area contributed by atoms with Crippen molar-refractivity contribution in [2.24, 2.45) is 5.41 Å². The molecule has 0 aliphatic rings. The lowest BCUT2D eigenvalue weighted by Crippen LogP contribution is -2.42. The maximum absolute atomic E-state index is 12.5. The summed E-state index contributed by atoms with van der Waals surface area (Å²) in [5, 5.41) is 0. The summed E-state index contributed by atoms with van der Waals surface area (Å²) >= 11 is 0. The number of ether oxygens (including phenoxy) is 2. The lowest BCUT2D eigenvalue weighted by atomic mass is 9.79. The molecule has 0 rings (SSSR count). The summed E-state index contributed by atoms with van der Waals surface area (Å²) in [7, 11) is 0. The number of esters is 2. The molecule has 0 aromatic heterocycles. The molecule has 0 aliphatic carbocycles. The summed E-state index contributed by atoms with van der Waals surface area (Å²) in [4.78, 5) is 24.9. The first-order valence-corrected chi connectivity index (χ1v) is 8.58. The fraction of sp³-hybridized carbons (Fsp3) is 0.778. The van der Waals surface area contributed by atoms with E-state index in [0.29, 0.717) is 12.8 Å². The van der Waals surface area contributed by atoms with E-state index in [1.54, 1.807) is 13.8 Å². The van der Waals surface area contributed by atoms with Gasteiger partial charge in [-0.2, -0.15) is 0 Å². The molecule has 4 nitrogen and oxygen atoms in total. The SMILES string of the molecule is CCCC/C=C/CC(CCCC)(C(=O)OCC)C(=O)OCC. The second-order valence-electron chi connectivity index (χ2n) is 5.44. The standard InChI is InChI=1S/C18H32O4/c1-5-9-11-12-13-15-18(14-10-6-2,16(19)21-7-3)17(20)22-8-4/h12-13H,5-11,14-15H2,1-4H3/b13-12+. The summed E-state index contributed by atoms with van der Waals surface area (Å²) in [5.41, 5.74) is -1.19. The highest BCUT2D eigenvalue weighted by molar-refractivity contribution is 6.00. The molecule has 0 unspecified atom stereocenters. The maximum atomic E-state index is 12.5.